The number of hydrogen-bond donors (Lipinski definition) is 1. The van der Waals surface area contributed by atoms with E-state index in [0.29, 0.717) is 6.04 Å². The van der Waals surface area contributed by atoms with Crippen LogP contribution in [0.4, 0.5) is 5.69 Å². The molecule has 0 aromatic heterocycles. The Kier molecular flexibility index (Phi) is 3.84. The number of nitrogens with zero attached hydrogens (tertiary/aromatic N) is 1. The lowest BCUT2D eigenvalue weighted by molar-refractivity contribution is 0.331. The van der Waals surface area contributed by atoms with Crippen molar-refractivity contribution in [3.05, 3.63) is 29.8 Å². The molecule has 1 saturated heterocycles. The zero-order valence-electron chi connectivity index (χ0n) is 11.2. The van der Waals surface area contributed by atoms with Gasteiger partial charge in [-0.2, -0.15) is 0 Å². The van der Waals surface area contributed by atoms with E-state index in [-0.39, 0.29) is 0 Å². The van der Waals surface area contributed by atoms with Crippen LogP contribution in [0.1, 0.15) is 44.1 Å². The fourth-order valence-corrected chi connectivity index (χ4v) is 3.26. The van der Waals surface area contributed by atoms with Gasteiger partial charge in [0.25, 0.3) is 0 Å². The summed E-state index contributed by atoms with van der Waals surface area (Å²) in [7, 11) is 0. The van der Waals surface area contributed by atoms with Crippen LogP contribution in [0.15, 0.2) is 24.3 Å². The summed E-state index contributed by atoms with van der Waals surface area (Å²) >= 11 is 0. The predicted octanol–water partition coefficient (Wildman–Crippen LogP) is 3.64. The first-order chi connectivity index (χ1) is 8.90. The van der Waals surface area contributed by atoms with Gasteiger partial charge in [0, 0.05) is 18.3 Å². The van der Waals surface area contributed by atoms with Gasteiger partial charge in [-0.15, -0.1) is 0 Å². The molecule has 0 radical (unpaired) electrons. The highest BCUT2D eigenvalue weighted by molar-refractivity contribution is 5.46. The molecule has 1 heterocycles. The fraction of sp³-hybridized carbons (Fsp3) is 0.625. The van der Waals surface area contributed by atoms with Crippen LogP contribution in [0.5, 0.6) is 0 Å². The number of nitrogens with one attached hydrogen (secondary N) is 1. The topological polar surface area (TPSA) is 15.3 Å². The zero-order valence-corrected chi connectivity index (χ0v) is 11.2. The highest BCUT2D eigenvalue weighted by atomic mass is 15.1. The first-order valence-electron chi connectivity index (χ1n) is 7.48. The molecule has 1 aliphatic heterocycles. The molecule has 1 N–H and O–H groups in total. The van der Waals surface area contributed by atoms with Crippen LogP contribution >= 0.6 is 0 Å². The summed E-state index contributed by atoms with van der Waals surface area (Å²) in [5, 5.41) is 3.69. The molecule has 1 aliphatic carbocycles. The molecule has 0 spiro atoms. The third kappa shape index (κ3) is 3.05. The Morgan fingerprint density at radius 1 is 1.06 bits per heavy atom. The van der Waals surface area contributed by atoms with Gasteiger partial charge in [0.15, 0.2) is 0 Å². The lowest BCUT2D eigenvalue weighted by Gasteiger charge is -2.17. The summed E-state index contributed by atoms with van der Waals surface area (Å²) < 4.78 is 0. The number of hydrogen-bond acceptors (Lipinski definition) is 2. The molecule has 1 aromatic rings. The highest BCUT2D eigenvalue weighted by Gasteiger charge is 2.15. The standard InChI is InChI=1S/C16H24N2/c1-2-8-15(7-1)17-16-9-5-6-14(12-16)13-18-10-3-4-11-18/h5-6,9,12,15,17H,1-4,7-8,10-11,13H2. The number of anilines is 1. The van der Waals surface area contributed by atoms with Crippen molar-refractivity contribution in [3.63, 3.8) is 0 Å². The van der Waals surface area contributed by atoms with Crippen molar-refractivity contribution < 1.29 is 0 Å². The van der Waals surface area contributed by atoms with E-state index in [9.17, 15) is 0 Å². The minimum Gasteiger partial charge on any atom is -0.382 e. The fourth-order valence-electron chi connectivity index (χ4n) is 3.26. The summed E-state index contributed by atoms with van der Waals surface area (Å²) in [6.45, 7) is 3.68. The van der Waals surface area contributed by atoms with E-state index in [1.165, 1.54) is 62.9 Å². The van der Waals surface area contributed by atoms with E-state index in [1.807, 2.05) is 0 Å². The Morgan fingerprint density at radius 2 is 1.83 bits per heavy atom. The molecule has 2 fully saturated rings. The minimum atomic E-state index is 0.715. The maximum atomic E-state index is 3.69. The average Bonchev–Trinajstić information content (AvgIpc) is 3.03. The third-order valence-corrected chi connectivity index (χ3v) is 4.26. The molecule has 2 aliphatic rings. The first-order valence-corrected chi connectivity index (χ1v) is 7.48. The summed E-state index contributed by atoms with van der Waals surface area (Å²) in [6.07, 6.45) is 8.23. The van der Waals surface area contributed by atoms with E-state index in [2.05, 4.69) is 34.5 Å². The second kappa shape index (κ2) is 5.75. The second-order valence-electron chi connectivity index (χ2n) is 5.81. The summed E-state index contributed by atoms with van der Waals surface area (Å²) in [5.74, 6) is 0. The minimum absolute atomic E-state index is 0.715. The Balaban J connectivity index is 1.60. The Labute approximate surface area is 110 Å². The van der Waals surface area contributed by atoms with E-state index in [4.69, 9.17) is 0 Å². The van der Waals surface area contributed by atoms with Gasteiger partial charge in [-0.1, -0.05) is 25.0 Å². The highest BCUT2D eigenvalue weighted by Crippen LogP contribution is 2.23. The maximum Gasteiger partial charge on any atom is 0.0345 e. The molecule has 0 bridgehead atoms. The lowest BCUT2D eigenvalue weighted by atomic mass is 10.1. The van der Waals surface area contributed by atoms with Crippen LogP contribution in [0.3, 0.4) is 0 Å². The van der Waals surface area contributed by atoms with Crippen LogP contribution < -0.4 is 5.32 Å². The molecule has 0 unspecified atom stereocenters. The maximum absolute atomic E-state index is 3.69. The molecule has 1 aromatic carbocycles. The molecule has 3 rings (SSSR count). The first kappa shape index (κ1) is 12.0. The van der Waals surface area contributed by atoms with Gasteiger partial charge in [-0.25, -0.2) is 0 Å². The van der Waals surface area contributed by atoms with Crippen LogP contribution in [0.25, 0.3) is 0 Å². The molecule has 0 atom stereocenters. The second-order valence-corrected chi connectivity index (χ2v) is 5.81. The van der Waals surface area contributed by atoms with Gasteiger partial charge in [0.1, 0.15) is 0 Å². The van der Waals surface area contributed by atoms with E-state index in [1.54, 1.807) is 0 Å². The molecule has 98 valence electrons. The van der Waals surface area contributed by atoms with Gasteiger partial charge < -0.3 is 5.32 Å². The van der Waals surface area contributed by atoms with E-state index in [0.717, 1.165) is 6.54 Å². The van der Waals surface area contributed by atoms with Crippen molar-refractivity contribution in [2.24, 2.45) is 0 Å². The van der Waals surface area contributed by atoms with Gasteiger partial charge in [-0.3, -0.25) is 4.90 Å². The zero-order chi connectivity index (χ0) is 12.2. The predicted molar refractivity (Wildman–Crippen MR) is 76.8 cm³/mol. The quantitative estimate of drug-likeness (QED) is 0.870. The van der Waals surface area contributed by atoms with Crippen molar-refractivity contribution in [2.75, 3.05) is 18.4 Å². The molecular weight excluding hydrogens is 220 g/mol. The number of likely N-dealkylation sites (tertiary alicyclic amines) is 1. The van der Waals surface area contributed by atoms with Crippen LogP contribution in [0, 0.1) is 0 Å². The Morgan fingerprint density at radius 3 is 2.61 bits per heavy atom. The molecule has 1 saturated carbocycles. The van der Waals surface area contributed by atoms with Gasteiger partial charge in [0.2, 0.25) is 0 Å². The van der Waals surface area contributed by atoms with E-state index >= 15 is 0 Å². The third-order valence-electron chi connectivity index (χ3n) is 4.26. The number of benzene rings is 1. The SMILES string of the molecule is c1cc(CN2CCCC2)cc(NC2CCCC2)c1. The van der Waals surface area contributed by atoms with Crippen molar-refractivity contribution in [1.82, 2.24) is 4.90 Å². The molecule has 0 amide bonds. The normalized spacial score (nSPS) is 21.6. The van der Waals surface area contributed by atoms with E-state index < -0.39 is 0 Å². The monoisotopic (exact) mass is 244 g/mol. The van der Waals surface area contributed by atoms with Crippen LogP contribution in [0.2, 0.25) is 0 Å². The van der Waals surface area contributed by atoms with Gasteiger partial charge >= 0.3 is 0 Å². The number of rotatable bonds is 4. The van der Waals surface area contributed by atoms with Crippen molar-refractivity contribution in [3.8, 4) is 0 Å². The van der Waals surface area contributed by atoms with Crippen molar-refractivity contribution in [2.45, 2.75) is 51.1 Å². The summed E-state index contributed by atoms with van der Waals surface area (Å²) in [4.78, 5) is 2.56. The van der Waals surface area contributed by atoms with Crippen LogP contribution in [-0.4, -0.2) is 24.0 Å². The largest absolute Gasteiger partial charge is 0.382 e. The summed E-state index contributed by atoms with van der Waals surface area (Å²) in [5.41, 5.74) is 2.78. The van der Waals surface area contributed by atoms with Crippen molar-refractivity contribution in [1.29, 1.82) is 0 Å². The van der Waals surface area contributed by atoms with Crippen LogP contribution in [-0.2, 0) is 6.54 Å². The molecule has 2 heteroatoms. The Hall–Kier alpha value is -1.02. The smallest absolute Gasteiger partial charge is 0.0345 e. The van der Waals surface area contributed by atoms with Crippen molar-refractivity contribution >= 4 is 5.69 Å². The molecule has 2 nitrogen and oxygen atoms in total. The molecular formula is C16H24N2. The molecule has 18 heavy (non-hydrogen) atoms. The Bertz CT molecular complexity index is 343. The van der Waals surface area contributed by atoms with Gasteiger partial charge in [-0.05, 0) is 56.5 Å². The summed E-state index contributed by atoms with van der Waals surface area (Å²) in [6, 6.07) is 9.73. The van der Waals surface area contributed by atoms with Gasteiger partial charge in [0.05, 0.1) is 0 Å². The average molecular weight is 244 g/mol. The lowest BCUT2D eigenvalue weighted by Crippen LogP contribution is -2.19.